The van der Waals surface area contributed by atoms with E-state index in [4.69, 9.17) is 4.98 Å². The highest BCUT2D eigenvalue weighted by Gasteiger charge is 2.27. The van der Waals surface area contributed by atoms with Crippen LogP contribution in [0.1, 0.15) is 53.3 Å². The molecule has 4 heteroatoms. The second-order valence-electron chi connectivity index (χ2n) is 6.36. The molecule has 1 N–H and O–H groups in total. The Morgan fingerprint density at radius 2 is 1.92 bits per heavy atom. The lowest BCUT2D eigenvalue weighted by atomic mass is 10.0. The third-order valence-electron chi connectivity index (χ3n) is 4.53. The first-order valence-corrected chi connectivity index (χ1v) is 8.33. The minimum Gasteiger partial charge on any atom is -0.345 e. The largest absolute Gasteiger partial charge is 0.345 e. The van der Waals surface area contributed by atoms with Gasteiger partial charge in [0.05, 0.1) is 17.1 Å². The third kappa shape index (κ3) is 2.87. The monoisotopic (exact) mass is 317 g/mol. The summed E-state index contributed by atoms with van der Waals surface area (Å²) in [5.41, 5.74) is 3.68. The standard InChI is InChI=1S/C20H19N3O/c1-13(14-8-10-21-11-9-14)22-20(24)17-12-19(15-6-7-15)23-18-5-3-2-4-16(17)18/h2-5,8-13,15H,6-7H2,1H3,(H,22,24). The van der Waals surface area contributed by atoms with Gasteiger partial charge in [-0.25, -0.2) is 0 Å². The van der Waals surface area contributed by atoms with Gasteiger partial charge in [0.25, 0.3) is 5.91 Å². The Morgan fingerprint density at radius 3 is 2.67 bits per heavy atom. The molecular formula is C20H19N3O. The summed E-state index contributed by atoms with van der Waals surface area (Å²) < 4.78 is 0. The Bertz CT molecular complexity index is 888. The lowest BCUT2D eigenvalue weighted by Gasteiger charge is -2.15. The van der Waals surface area contributed by atoms with E-state index in [2.05, 4.69) is 10.3 Å². The maximum atomic E-state index is 12.9. The van der Waals surface area contributed by atoms with E-state index >= 15 is 0 Å². The molecule has 1 atom stereocenters. The van der Waals surface area contributed by atoms with Gasteiger partial charge in [0.1, 0.15) is 0 Å². The number of nitrogens with zero attached hydrogens (tertiary/aromatic N) is 2. The Kier molecular flexibility index (Phi) is 3.73. The molecule has 0 radical (unpaired) electrons. The van der Waals surface area contributed by atoms with E-state index in [1.54, 1.807) is 12.4 Å². The van der Waals surface area contributed by atoms with E-state index in [0.717, 1.165) is 22.2 Å². The number of hydrogen-bond acceptors (Lipinski definition) is 3. The van der Waals surface area contributed by atoms with Crippen molar-refractivity contribution in [1.82, 2.24) is 15.3 Å². The van der Waals surface area contributed by atoms with Crippen LogP contribution in [-0.4, -0.2) is 15.9 Å². The summed E-state index contributed by atoms with van der Waals surface area (Å²) in [4.78, 5) is 21.6. The molecule has 0 bridgehead atoms. The van der Waals surface area contributed by atoms with E-state index in [-0.39, 0.29) is 11.9 Å². The number of fused-ring (bicyclic) bond motifs is 1. The lowest BCUT2D eigenvalue weighted by molar-refractivity contribution is 0.0941. The summed E-state index contributed by atoms with van der Waals surface area (Å²) in [5, 5.41) is 4.00. The highest BCUT2D eigenvalue weighted by atomic mass is 16.1. The zero-order chi connectivity index (χ0) is 16.5. The number of pyridine rings is 2. The maximum absolute atomic E-state index is 12.9. The van der Waals surface area contributed by atoms with E-state index in [1.807, 2.05) is 49.4 Å². The minimum atomic E-state index is -0.0724. The molecule has 1 amide bonds. The predicted molar refractivity (Wildman–Crippen MR) is 93.8 cm³/mol. The summed E-state index contributed by atoms with van der Waals surface area (Å²) in [5.74, 6) is 0.457. The average molecular weight is 317 g/mol. The number of rotatable bonds is 4. The number of carbonyl (C=O) groups excluding carboxylic acids is 1. The quantitative estimate of drug-likeness (QED) is 0.791. The van der Waals surface area contributed by atoms with Gasteiger partial charge in [0.2, 0.25) is 0 Å². The first kappa shape index (κ1) is 14.8. The summed E-state index contributed by atoms with van der Waals surface area (Å²) in [7, 11) is 0. The summed E-state index contributed by atoms with van der Waals surface area (Å²) in [6, 6.07) is 13.6. The van der Waals surface area contributed by atoms with Crippen molar-refractivity contribution in [2.24, 2.45) is 0 Å². The van der Waals surface area contributed by atoms with Crippen molar-refractivity contribution in [3.63, 3.8) is 0 Å². The number of amides is 1. The van der Waals surface area contributed by atoms with E-state index in [9.17, 15) is 4.79 Å². The van der Waals surface area contributed by atoms with Gasteiger partial charge in [-0.3, -0.25) is 14.8 Å². The fourth-order valence-electron chi connectivity index (χ4n) is 2.98. The van der Waals surface area contributed by atoms with Gasteiger partial charge in [-0.1, -0.05) is 18.2 Å². The van der Waals surface area contributed by atoms with E-state index < -0.39 is 0 Å². The van der Waals surface area contributed by atoms with Crippen LogP contribution in [0.25, 0.3) is 10.9 Å². The maximum Gasteiger partial charge on any atom is 0.252 e. The molecule has 2 heterocycles. The van der Waals surface area contributed by atoms with Crippen LogP contribution in [0.15, 0.2) is 54.9 Å². The number of aromatic nitrogens is 2. The van der Waals surface area contributed by atoms with Gasteiger partial charge < -0.3 is 5.32 Å². The Hall–Kier alpha value is -2.75. The summed E-state index contributed by atoms with van der Waals surface area (Å²) in [6.07, 6.45) is 5.82. The second-order valence-corrected chi connectivity index (χ2v) is 6.36. The first-order valence-electron chi connectivity index (χ1n) is 8.33. The van der Waals surface area contributed by atoms with Crippen LogP contribution >= 0.6 is 0 Å². The van der Waals surface area contributed by atoms with Gasteiger partial charge in [0, 0.05) is 29.4 Å². The molecule has 1 fully saturated rings. The van der Waals surface area contributed by atoms with Crippen molar-refractivity contribution < 1.29 is 4.79 Å². The third-order valence-corrected chi connectivity index (χ3v) is 4.53. The minimum absolute atomic E-state index is 0.0557. The molecule has 1 saturated carbocycles. The van der Waals surface area contributed by atoms with Crippen molar-refractivity contribution >= 4 is 16.8 Å². The topological polar surface area (TPSA) is 54.9 Å². The van der Waals surface area contributed by atoms with E-state index in [1.165, 1.54) is 12.8 Å². The Balaban J connectivity index is 1.68. The van der Waals surface area contributed by atoms with Crippen LogP contribution < -0.4 is 5.32 Å². The van der Waals surface area contributed by atoms with Crippen molar-refractivity contribution in [2.45, 2.75) is 31.7 Å². The Labute approximate surface area is 141 Å². The van der Waals surface area contributed by atoms with Gasteiger partial charge in [0.15, 0.2) is 0 Å². The molecule has 2 aromatic heterocycles. The second kappa shape index (κ2) is 6.04. The van der Waals surface area contributed by atoms with Crippen LogP contribution in [0.2, 0.25) is 0 Å². The summed E-state index contributed by atoms with van der Waals surface area (Å²) >= 11 is 0. The first-order chi connectivity index (χ1) is 11.7. The molecule has 120 valence electrons. The predicted octanol–water partition coefficient (Wildman–Crippen LogP) is 4.00. The molecule has 3 aromatic rings. The number of nitrogens with one attached hydrogen (secondary N) is 1. The van der Waals surface area contributed by atoms with Crippen molar-refractivity contribution in [1.29, 1.82) is 0 Å². The highest BCUT2D eigenvalue weighted by Crippen LogP contribution is 2.40. The molecule has 1 aliphatic carbocycles. The normalized spacial score (nSPS) is 15.2. The van der Waals surface area contributed by atoms with Crippen molar-refractivity contribution in [3.05, 3.63) is 71.7 Å². The van der Waals surface area contributed by atoms with Gasteiger partial charge in [-0.05, 0) is 49.6 Å². The van der Waals surface area contributed by atoms with Gasteiger partial charge in [-0.2, -0.15) is 0 Å². The number of hydrogen-bond donors (Lipinski definition) is 1. The number of benzene rings is 1. The van der Waals surface area contributed by atoms with Crippen LogP contribution in [-0.2, 0) is 0 Å². The molecule has 1 aromatic carbocycles. The number of para-hydroxylation sites is 1. The highest BCUT2D eigenvalue weighted by molar-refractivity contribution is 6.06. The number of carbonyl (C=O) groups is 1. The van der Waals surface area contributed by atoms with E-state index in [0.29, 0.717) is 11.5 Å². The molecule has 24 heavy (non-hydrogen) atoms. The van der Waals surface area contributed by atoms with Crippen LogP contribution in [0.5, 0.6) is 0 Å². The van der Waals surface area contributed by atoms with Crippen LogP contribution in [0, 0.1) is 0 Å². The van der Waals surface area contributed by atoms with Gasteiger partial charge in [-0.15, -0.1) is 0 Å². The fraction of sp³-hybridized carbons (Fsp3) is 0.250. The molecular weight excluding hydrogens is 298 g/mol. The molecule has 0 saturated heterocycles. The smallest absolute Gasteiger partial charge is 0.252 e. The molecule has 4 rings (SSSR count). The van der Waals surface area contributed by atoms with Crippen molar-refractivity contribution in [2.75, 3.05) is 0 Å². The molecule has 0 aliphatic heterocycles. The van der Waals surface area contributed by atoms with Gasteiger partial charge >= 0.3 is 0 Å². The summed E-state index contributed by atoms with van der Waals surface area (Å²) in [6.45, 7) is 1.98. The molecule has 1 unspecified atom stereocenters. The SMILES string of the molecule is CC(NC(=O)c1cc(C2CC2)nc2ccccc12)c1ccncc1. The van der Waals surface area contributed by atoms with Crippen LogP contribution in [0.3, 0.4) is 0 Å². The van der Waals surface area contributed by atoms with Crippen molar-refractivity contribution in [3.8, 4) is 0 Å². The molecule has 1 aliphatic rings. The zero-order valence-electron chi connectivity index (χ0n) is 13.6. The molecule has 4 nitrogen and oxygen atoms in total. The lowest BCUT2D eigenvalue weighted by Crippen LogP contribution is -2.27. The van der Waals surface area contributed by atoms with Crippen LogP contribution in [0.4, 0.5) is 0 Å². The average Bonchev–Trinajstić information content (AvgIpc) is 3.46. The molecule has 0 spiro atoms. The Morgan fingerprint density at radius 1 is 1.17 bits per heavy atom. The fourth-order valence-corrected chi connectivity index (χ4v) is 2.98. The zero-order valence-corrected chi connectivity index (χ0v) is 13.6.